The zero-order chi connectivity index (χ0) is 15.1. The van der Waals surface area contributed by atoms with E-state index < -0.39 is 29.0 Å². The SMILES string of the molecule is CC1(C)CCN(C(=O)c2cc(C(F)(F)F)ccc2F)C1. The first-order valence-corrected chi connectivity index (χ1v) is 6.26. The van der Waals surface area contributed by atoms with Gasteiger partial charge in [0.1, 0.15) is 5.82 Å². The van der Waals surface area contributed by atoms with Crippen LogP contribution in [0.15, 0.2) is 18.2 Å². The minimum absolute atomic E-state index is 0.0895. The van der Waals surface area contributed by atoms with E-state index in [9.17, 15) is 22.4 Å². The van der Waals surface area contributed by atoms with Gasteiger partial charge in [-0.2, -0.15) is 13.2 Å². The topological polar surface area (TPSA) is 20.3 Å². The van der Waals surface area contributed by atoms with Gasteiger partial charge in [0.15, 0.2) is 0 Å². The van der Waals surface area contributed by atoms with Crippen molar-refractivity contribution in [3.8, 4) is 0 Å². The van der Waals surface area contributed by atoms with E-state index in [0.29, 0.717) is 31.3 Å². The van der Waals surface area contributed by atoms with E-state index in [1.165, 1.54) is 4.90 Å². The fraction of sp³-hybridized carbons (Fsp3) is 0.500. The largest absolute Gasteiger partial charge is 0.416 e. The van der Waals surface area contributed by atoms with Crippen LogP contribution in [0.4, 0.5) is 17.6 Å². The second kappa shape index (κ2) is 4.75. The second-order valence-electron chi connectivity index (χ2n) is 5.83. The molecule has 0 aliphatic carbocycles. The summed E-state index contributed by atoms with van der Waals surface area (Å²) in [5.41, 5.74) is -1.62. The van der Waals surface area contributed by atoms with Crippen LogP contribution >= 0.6 is 0 Å². The summed E-state index contributed by atoms with van der Waals surface area (Å²) in [7, 11) is 0. The van der Waals surface area contributed by atoms with Gasteiger partial charge in [-0.1, -0.05) is 13.8 Å². The van der Waals surface area contributed by atoms with E-state index in [1.54, 1.807) is 0 Å². The molecule has 1 fully saturated rings. The third-order valence-corrected chi connectivity index (χ3v) is 3.49. The maximum atomic E-state index is 13.6. The van der Waals surface area contributed by atoms with E-state index in [-0.39, 0.29) is 5.41 Å². The summed E-state index contributed by atoms with van der Waals surface area (Å²) in [5, 5.41) is 0. The Labute approximate surface area is 114 Å². The molecule has 1 aromatic carbocycles. The van der Waals surface area contributed by atoms with Crippen molar-refractivity contribution in [2.24, 2.45) is 5.41 Å². The molecule has 0 unspecified atom stereocenters. The lowest BCUT2D eigenvalue weighted by atomic mass is 9.93. The van der Waals surface area contributed by atoms with Gasteiger partial charge in [0.05, 0.1) is 11.1 Å². The van der Waals surface area contributed by atoms with Gasteiger partial charge in [-0.25, -0.2) is 4.39 Å². The number of hydrogen-bond donors (Lipinski definition) is 0. The van der Waals surface area contributed by atoms with Crippen LogP contribution in [0, 0.1) is 11.2 Å². The highest BCUT2D eigenvalue weighted by Crippen LogP contribution is 2.33. The molecule has 1 amide bonds. The number of alkyl halides is 3. The molecule has 2 nitrogen and oxygen atoms in total. The number of nitrogens with zero attached hydrogens (tertiary/aromatic N) is 1. The van der Waals surface area contributed by atoms with Crippen molar-refractivity contribution in [2.45, 2.75) is 26.4 Å². The Morgan fingerprint density at radius 1 is 1.30 bits per heavy atom. The summed E-state index contributed by atoms with van der Waals surface area (Å²) in [6.07, 6.45) is -3.84. The first-order chi connectivity index (χ1) is 9.10. The summed E-state index contributed by atoms with van der Waals surface area (Å²) >= 11 is 0. The lowest BCUT2D eigenvalue weighted by molar-refractivity contribution is -0.137. The number of amides is 1. The van der Waals surface area contributed by atoms with Crippen molar-refractivity contribution in [1.82, 2.24) is 4.90 Å². The summed E-state index contributed by atoms with van der Waals surface area (Å²) < 4.78 is 51.5. The van der Waals surface area contributed by atoms with Crippen LogP contribution in [-0.4, -0.2) is 23.9 Å². The first-order valence-electron chi connectivity index (χ1n) is 6.26. The Hall–Kier alpha value is -1.59. The first kappa shape index (κ1) is 14.8. The van der Waals surface area contributed by atoms with Crippen molar-refractivity contribution in [2.75, 3.05) is 13.1 Å². The number of rotatable bonds is 1. The Balaban J connectivity index is 2.31. The molecule has 0 saturated carbocycles. The zero-order valence-corrected chi connectivity index (χ0v) is 11.2. The van der Waals surface area contributed by atoms with Gasteiger partial charge in [0.2, 0.25) is 0 Å². The molecule has 2 rings (SSSR count). The molecule has 0 atom stereocenters. The van der Waals surface area contributed by atoms with Crippen molar-refractivity contribution in [3.05, 3.63) is 35.1 Å². The predicted molar refractivity (Wildman–Crippen MR) is 65.7 cm³/mol. The predicted octanol–water partition coefficient (Wildman–Crippen LogP) is 3.72. The van der Waals surface area contributed by atoms with Crippen LogP contribution in [-0.2, 0) is 6.18 Å². The Bertz CT molecular complexity index is 536. The quantitative estimate of drug-likeness (QED) is 0.722. The molecule has 1 aliphatic heterocycles. The lowest BCUT2D eigenvalue weighted by Gasteiger charge is -2.20. The summed E-state index contributed by atoms with van der Waals surface area (Å²) in [5.74, 6) is -1.60. The minimum atomic E-state index is -4.59. The Morgan fingerprint density at radius 2 is 1.95 bits per heavy atom. The van der Waals surface area contributed by atoms with Crippen LogP contribution in [0.2, 0.25) is 0 Å². The van der Waals surface area contributed by atoms with Crippen molar-refractivity contribution in [3.63, 3.8) is 0 Å². The lowest BCUT2D eigenvalue weighted by Crippen LogP contribution is -2.31. The normalized spacial score (nSPS) is 18.4. The highest BCUT2D eigenvalue weighted by Gasteiger charge is 2.35. The minimum Gasteiger partial charge on any atom is -0.338 e. The molecular formula is C14H15F4NO. The molecule has 0 N–H and O–H groups in total. The molecule has 6 heteroatoms. The van der Waals surface area contributed by atoms with Crippen molar-refractivity contribution < 1.29 is 22.4 Å². The van der Waals surface area contributed by atoms with Crippen molar-refractivity contribution in [1.29, 1.82) is 0 Å². The van der Waals surface area contributed by atoms with Gasteiger partial charge in [-0.3, -0.25) is 4.79 Å². The molecule has 0 radical (unpaired) electrons. The molecule has 20 heavy (non-hydrogen) atoms. The monoisotopic (exact) mass is 289 g/mol. The number of halogens is 4. The second-order valence-corrected chi connectivity index (χ2v) is 5.83. The van der Waals surface area contributed by atoms with Gasteiger partial charge in [-0.05, 0) is 30.0 Å². The summed E-state index contributed by atoms with van der Waals surface area (Å²) in [6.45, 7) is 4.77. The van der Waals surface area contributed by atoms with E-state index in [0.717, 1.165) is 6.42 Å². The van der Waals surface area contributed by atoms with Gasteiger partial charge in [0, 0.05) is 13.1 Å². The van der Waals surface area contributed by atoms with Gasteiger partial charge >= 0.3 is 6.18 Å². The Morgan fingerprint density at radius 3 is 2.45 bits per heavy atom. The average molecular weight is 289 g/mol. The van der Waals surface area contributed by atoms with Crippen LogP contribution in [0.25, 0.3) is 0 Å². The number of carbonyl (C=O) groups is 1. The molecule has 0 aromatic heterocycles. The molecule has 0 bridgehead atoms. The van der Waals surface area contributed by atoms with Crippen LogP contribution in [0.3, 0.4) is 0 Å². The van der Waals surface area contributed by atoms with E-state index in [1.807, 2.05) is 13.8 Å². The van der Waals surface area contributed by atoms with Gasteiger partial charge < -0.3 is 4.90 Å². The van der Waals surface area contributed by atoms with Crippen molar-refractivity contribution >= 4 is 5.91 Å². The fourth-order valence-corrected chi connectivity index (χ4v) is 2.32. The van der Waals surface area contributed by atoms with Gasteiger partial charge in [0.25, 0.3) is 5.91 Å². The molecule has 1 heterocycles. The fourth-order valence-electron chi connectivity index (χ4n) is 2.32. The molecule has 0 spiro atoms. The van der Waals surface area contributed by atoms with E-state index in [2.05, 4.69) is 0 Å². The molecular weight excluding hydrogens is 274 g/mol. The zero-order valence-electron chi connectivity index (χ0n) is 11.2. The molecule has 110 valence electrons. The summed E-state index contributed by atoms with van der Waals surface area (Å²) in [4.78, 5) is 13.6. The van der Waals surface area contributed by atoms with E-state index >= 15 is 0 Å². The molecule has 1 aromatic rings. The highest BCUT2D eigenvalue weighted by atomic mass is 19.4. The number of likely N-dealkylation sites (tertiary alicyclic amines) is 1. The number of carbonyl (C=O) groups excluding carboxylic acids is 1. The third-order valence-electron chi connectivity index (χ3n) is 3.49. The maximum Gasteiger partial charge on any atom is 0.416 e. The maximum absolute atomic E-state index is 13.6. The average Bonchev–Trinajstić information content (AvgIpc) is 2.68. The van der Waals surface area contributed by atoms with Gasteiger partial charge in [-0.15, -0.1) is 0 Å². The van der Waals surface area contributed by atoms with Crippen LogP contribution < -0.4 is 0 Å². The standard InChI is InChI=1S/C14H15F4NO/c1-13(2)5-6-19(8-13)12(20)10-7-9(14(16,17)18)3-4-11(10)15/h3-4,7H,5-6,8H2,1-2H3. The smallest absolute Gasteiger partial charge is 0.338 e. The summed E-state index contributed by atoms with van der Waals surface area (Å²) in [6, 6.07) is 1.92. The van der Waals surface area contributed by atoms with Crippen LogP contribution in [0.5, 0.6) is 0 Å². The number of hydrogen-bond acceptors (Lipinski definition) is 1. The highest BCUT2D eigenvalue weighted by molar-refractivity contribution is 5.95. The third kappa shape index (κ3) is 2.94. The van der Waals surface area contributed by atoms with E-state index in [4.69, 9.17) is 0 Å². The molecule has 1 aliphatic rings. The molecule has 1 saturated heterocycles. The Kier molecular flexibility index (Phi) is 3.52. The number of benzene rings is 1. The van der Waals surface area contributed by atoms with Crippen LogP contribution in [0.1, 0.15) is 36.2 Å².